The molecule has 1 aromatic rings. The molecule has 0 aromatic heterocycles. The first-order chi connectivity index (χ1) is 7.71. The quantitative estimate of drug-likeness (QED) is 0.643. The number of amides is 1. The van der Waals surface area contributed by atoms with E-state index in [1.807, 2.05) is 0 Å². The van der Waals surface area contributed by atoms with E-state index >= 15 is 0 Å². The second-order valence-corrected chi connectivity index (χ2v) is 6.19. The summed E-state index contributed by atoms with van der Waals surface area (Å²) in [6.07, 6.45) is 0. The Hall–Kier alpha value is -0.830. The molecule has 94 valence electrons. The third kappa shape index (κ3) is 3.84. The Morgan fingerprint density at radius 3 is 2.06 bits per heavy atom. The lowest BCUT2D eigenvalue weighted by Gasteiger charge is -2.22. The SMILES string of the molecule is Cc1cc(C(C)(C)C)cc(C)c1CNC(=O)Br. The molecule has 1 aromatic carbocycles. The minimum absolute atomic E-state index is 0.159. The van der Waals surface area contributed by atoms with Crippen molar-refractivity contribution in [3.8, 4) is 0 Å². The zero-order chi connectivity index (χ0) is 13.2. The van der Waals surface area contributed by atoms with Gasteiger partial charge >= 0.3 is 0 Å². The van der Waals surface area contributed by atoms with Crippen LogP contribution in [0.2, 0.25) is 0 Å². The molecule has 0 heterocycles. The largest absolute Gasteiger partial charge is 0.343 e. The monoisotopic (exact) mass is 297 g/mol. The summed E-state index contributed by atoms with van der Waals surface area (Å²) in [4.78, 5) is 10.7. The molecule has 0 atom stereocenters. The molecular weight excluding hydrogens is 278 g/mol. The number of halogens is 1. The van der Waals surface area contributed by atoms with Gasteiger partial charge in [-0.05, 0) is 41.5 Å². The molecule has 0 unspecified atom stereocenters. The molecule has 0 fully saturated rings. The van der Waals surface area contributed by atoms with E-state index in [4.69, 9.17) is 0 Å². The highest BCUT2D eigenvalue weighted by Crippen LogP contribution is 2.26. The van der Waals surface area contributed by atoms with Gasteiger partial charge < -0.3 is 5.32 Å². The first-order valence-electron chi connectivity index (χ1n) is 5.75. The van der Waals surface area contributed by atoms with Crippen molar-refractivity contribution in [3.63, 3.8) is 0 Å². The maximum atomic E-state index is 10.9. The normalized spacial score (nSPS) is 11.4. The highest BCUT2D eigenvalue weighted by Gasteiger charge is 2.16. The predicted octanol–water partition coefficient (Wildman–Crippen LogP) is 4.21. The summed E-state index contributed by atoms with van der Waals surface area (Å²) in [6.45, 7) is 11.4. The van der Waals surface area contributed by atoms with Gasteiger partial charge in [-0.3, -0.25) is 4.79 Å². The Balaban J connectivity index is 3.07. The number of nitrogens with one attached hydrogen (secondary N) is 1. The van der Waals surface area contributed by atoms with Crippen LogP contribution in [0.1, 0.15) is 43.0 Å². The van der Waals surface area contributed by atoms with Crippen LogP contribution in [0.4, 0.5) is 4.79 Å². The molecule has 0 radical (unpaired) electrons. The number of carbonyl (C=O) groups is 1. The van der Waals surface area contributed by atoms with Gasteiger partial charge in [0.25, 0.3) is 4.82 Å². The van der Waals surface area contributed by atoms with E-state index in [9.17, 15) is 4.79 Å². The van der Waals surface area contributed by atoms with Crippen molar-refractivity contribution in [2.24, 2.45) is 0 Å². The number of hydrogen-bond acceptors (Lipinski definition) is 1. The molecule has 1 rings (SSSR count). The molecule has 1 amide bonds. The third-order valence-corrected chi connectivity index (χ3v) is 3.25. The van der Waals surface area contributed by atoms with Gasteiger partial charge in [0.05, 0.1) is 0 Å². The van der Waals surface area contributed by atoms with E-state index in [0.29, 0.717) is 6.54 Å². The Bertz CT molecular complexity index is 409. The second-order valence-electron chi connectivity index (χ2n) is 5.47. The summed E-state index contributed by atoms with van der Waals surface area (Å²) < 4.78 is 0. The van der Waals surface area contributed by atoms with Crippen molar-refractivity contribution < 1.29 is 4.79 Å². The van der Waals surface area contributed by atoms with Crippen molar-refractivity contribution in [1.29, 1.82) is 0 Å². The van der Waals surface area contributed by atoms with Crippen LogP contribution in [0.15, 0.2) is 12.1 Å². The van der Waals surface area contributed by atoms with Gasteiger partial charge in [-0.25, -0.2) is 0 Å². The number of rotatable bonds is 2. The van der Waals surface area contributed by atoms with E-state index in [2.05, 4.69) is 68.0 Å². The minimum Gasteiger partial charge on any atom is -0.343 e. The van der Waals surface area contributed by atoms with Crippen molar-refractivity contribution in [3.05, 3.63) is 34.4 Å². The van der Waals surface area contributed by atoms with E-state index in [-0.39, 0.29) is 10.2 Å². The van der Waals surface area contributed by atoms with Crippen LogP contribution in [-0.2, 0) is 12.0 Å². The maximum Gasteiger partial charge on any atom is 0.287 e. The van der Waals surface area contributed by atoms with E-state index in [1.165, 1.54) is 22.3 Å². The minimum atomic E-state index is -0.170. The van der Waals surface area contributed by atoms with Crippen LogP contribution in [0.3, 0.4) is 0 Å². The summed E-state index contributed by atoms with van der Waals surface area (Å²) in [5.74, 6) is 0. The van der Waals surface area contributed by atoms with Gasteiger partial charge in [-0.2, -0.15) is 0 Å². The first-order valence-corrected chi connectivity index (χ1v) is 6.55. The van der Waals surface area contributed by atoms with E-state index in [0.717, 1.165) is 0 Å². The van der Waals surface area contributed by atoms with Gasteiger partial charge in [0.1, 0.15) is 0 Å². The lowest BCUT2D eigenvalue weighted by atomic mass is 9.84. The molecule has 17 heavy (non-hydrogen) atoms. The Labute approximate surface area is 112 Å². The summed E-state index contributed by atoms with van der Waals surface area (Å²) in [5, 5.41) is 2.78. The molecule has 0 aliphatic heterocycles. The topological polar surface area (TPSA) is 29.1 Å². The lowest BCUT2D eigenvalue weighted by molar-refractivity contribution is 0.261. The van der Waals surface area contributed by atoms with Crippen LogP contribution < -0.4 is 5.32 Å². The number of benzene rings is 1. The van der Waals surface area contributed by atoms with Gasteiger partial charge in [0.2, 0.25) is 0 Å². The fraction of sp³-hybridized carbons (Fsp3) is 0.500. The van der Waals surface area contributed by atoms with Crippen LogP contribution >= 0.6 is 15.9 Å². The highest BCUT2D eigenvalue weighted by molar-refractivity contribution is 9.18. The zero-order valence-electron chi connectivity index (χ0n) is 11.1. The number of aryl methyl sites for hydroxylation is 2. The summed E-state index contributed by atoms with van der Waals surface area (Å²) >= 11 is 2.88. The molecule has 0 aliphatic rings. The molecule has 0 bridgehead atoms. The van der Waals surface area contributed by atoms with Crippen LogP contribution in [-0.4, -0.2) is 4.82 Å². The standard InChI is InChI=1S/C14H20BrNO/c1-9-6-11(14(3,4)5)7-10(2)12(9)8-16-13(15)17/h6-7H,8H2,1-5H3,(H,16,17). The molecule has 0 aliphatic carbocycles. The molecule has 1 N–H and O–H groups in total. The van der Waals surface area contributed by atoms with E-state index in [1.54, 1.807) is 0 Å². The lowest BCUT2D eigenvalue weighted by Crippen LogP contribution is -2.18. The molecule has 3 heteroatoms. The van der Waals surface area contributed by atoms with Gasteiger partial charge in [-0.1, -0.05) is 32.9 Å². The fourth-order valence-corrected chi connectivity index (χ4v) is 2.00. The Kier molecular flexibility index (Phi) is 4.36. The average Bonchev–Trinajstić information content (AvgIpc) is 2.14. The molecule has 0 saturated carbocycles. The Morgan fingerprint density at radius 1 is 1.24 bits per heavy atom. The predicted molar refractivity (Wildman–Crippen MR) is 75.8 cm³/mol. The first kappa shape index (κ1) is 14.2. The van der Waals surface area contributed by atoms with Gasteiger partial charge in [0.15, 0.2) is 0 Å². The zero-order valence-corrected chi connectivity index (χ0v) is 12.7. The number of hydrogen-bond donors (Lipinski definition) is 1. The molecule has 2 nitrogen and oxygen atoms in total. The van der Waals surface area contributed by atoms with Crippen LogP contribution in [0, 0.1) is 13.8 Å². The third-order valence-electron chi connectivity index (χ3n) is 2.97. The van der Waals surface area contributed by atoms with Crippen molar-refractivity contribution in [2.75, 3.05) is 0 Å². The fourth-order valence-electron chi connectivity index (χ4n) is 1.86. The average molecular weight is 298 g/mol. The summed E-state index contributed by atoms with van der Waals surface area (Å²) in [6, 6.07) is 4.42. The second kappa shape index (κ2) is 5.21. The van der Waals surface area contributed by atoms with E-state index < -0.39 is 0 Å². The summed E-state index contributed by atoms with van der Waals surface area (Å²) in [7, 11) is 0. The molecule has 0 saturated heterocycles. The van der Waals surface area contributed by atoms with Gasteiger partial charge in [0, 0.05) is 22.5 Å². The van der Waals surface area contributed by atoms with Crippen molar-refractivity contribution >= 4 is 20.7 Å². The number of carbonyl (C=O) groups excluding carboxylic acids is 1. The molecular formula is C14H20BrNO. The van der Waals surface area contributed by atoms with Crippen molar-refractivity contribution in [1.82, 2.24) is 5.32 Å². The van der Waals surface area contributed by atoms with Crippen LogP contribution in [0.25, 0.3) is 0 Å². The Morgan fingerprint density at radius 2 is 1.71 bits per heavy atom. The van der Waals surface area contributed by atoms with Crippen molar-refractivity contribution in [2.45, 2.75) is 46.6 Å². The molecule has 0 spiro atoms. The summed E-state index contributed by atoms with van der Waals surface area (Å²) in [5.41, 5.74) is 5.16. The highest BCUT2D eigenvalue weighted by atomic mass is 79.9. The smallest absolute Gasteiger partial charge is 0.287 e. The van der Waals surface area contributed by atoms with Gasteiger partial charge in [-0.15, -0.1) is 0 Å². The van der Waals surface area contributed by atoms with Crippen LogP contribution in [0.5, 0.6) is 0 Å². The maximum absolute atomic E-state index is 10.9.